The maximum absolute atomic E-state index is 6.06. The van der Waals surface area contributed by atoms with E-state index in [0.717, 1.165) is 29.3 Å². The molecule has 0 radical (unpaired) electrons. The molecule has 0 unspecified atom stereocenters. The SMILES string of the molecule is Cc1c(Cl)cccc1N[C@H]1CCO[C@H]1C. The van der Waals surface area contributed by atoms with Crippen molar-refractivity contribution in [2.45, 2.75) is 32.4 Å². The van der Waals surface area contributed by atoms with E-state index < -0.39 is 0 Å². The molecule has 1 aliphatic heterocycles. The van der Waals surface area contributed by atoms with Crippen molar-refractivity contribution in [2.24, 2.45) is 0 Å². The Morgan fingerprint density at radius 3 is 2.93 bits per heavy atom. The summed E-state index contributed by atoms with van der Waals surface area (Å²) in [5.74, 6) is 0. The molecule has 2 nitrogen and oxygen atoms in total. The molecular formula is C12H16ClNO. The number of benzene rings is 1. The van der Waals surface area contributed by atoms with Crippen LogP contribution in [0.4, 0.5) is 5.69 Å². The molecule has 0 bridgehead atoms. The maximum atomic E-state index is 6.06. The average molecular weight is 226 g/mol. The molecule has 2 rings (SSSR count). The van der Waals surface area contributed by atoms with Gasteiger partial charge in [0, 0.05) is 17.3 Å². The first kappa shape index (κ1) is 10.8. The predicted molar refractivity (Wildman–Crippen MR) is 63.6 cm³/mol. The molecule has 1 saturated heterocycles. The first-order valence-electron chi connectivity index (χ1n) is 5.31. The molecule has 15 heavy (non-hydrogen) atoms. The van der Waals surface area contributed by atoms with Crippen molar-refractivity contribution in [3.8, 4) is 0 Å². The number of hydrogen-bond donors (Lipinski definition) is 1. The summed E-state index contributed by atoms with van der Waals surface area (Å²) in [6.07, 6.45) is 1.34. The van der Waals surface area contributed by atoms with Crippen molar-refractivity contribution in [3.05, 3.63) is 28.8 Å². The second-order valence-corrected chi connectivity index (χ2v) is 4.44. The minimum absolute atomic E-state index is 0.281. The van der Waals surface area contributed by atoms with Gasteiger partial charge >= 0.3 is 0 Å². The molecule has 0 saturated carbocycles. The summed E-state index contributed by atoms with van der Waals surface area (Å²) in [5, 5.41) is 4.30. The third-order valence-electron chi connectivity index (χ3n) is 2.98. The second kappa shape index (κ2) is 4.42. The molecule has 2 atom stereocenters. The summed E-state index contributed by atoms with van der Waals surface area (Å²) in [5.41, 5.74) is 2.23. The van der Waals surface area contributed by atoms with E-state index in [2.05, 4.69) is 18.3 Å². The van der Waals surface area contributed by atoms with Crippen molar-refractivity contribution in [1.29, 1.82) is 0 Å². The van der Waals surface area contributed by atoms with Crippen LogP contribution in [0.15, 0.2) is 18.2 Å². The Morgan fingerprint density at radius 2 is 2.27 bits per heavy atom. The molecule has 1 N–H and O–H groups in total. The van der Waals surface area contributed by atoms with E-state index >= 15 is 0 Å². The highest BCUT2D eigenvalue weighted by Crippen LogP contribution is 2.26. The van der Waals surface area contributed by atoms with E-state index in [-0.39, 0.29) is 6.10 Å². The maximum Gasteiger partial charge on any atom is 0.0748 e. The van der Waals surface area contributed by atoms with E-state index in [9.17, 15) is 0 Å². The highest BCUT2D eigenvalue weighted by atomic mass is 35.5. The normalized spacial score (nSPS) is 25.5. The van der Waals surface area contributed by atoms with Crippen molar-refractivity contribution in [3.63, 3.8) is 0 Å². The fraction of sp³-hybridized carbons (Fsp3) is 0.500. The molecule has 0 amide bonds. The van der Waals surface area contributed by atoms with Gasteiger partial charge in [-0.15, -0.1) is 0 Å². The van der Waals surface area contributed by atoms with Gasteiger partial charge in [-0.1, -0.05) is 17.7 Å². The first-order valence-corrected chi connectivity index (χ1v) is 5.69. The monoisotopic (exact) mass is 225 g/mol. The van der Waals surface area contributed by atoms with Gasteiger partial charge in [0.15, 0.2) is 0 Å². The Balaban J connectivity index is 2.13. The van der Waals surface area contributed by atoms with Gasteiger partial charge in [0.25, 0.3) is 0 Å². The molecule has 1 aliphatic rings. The summed E-state index contributed by atoms with van der Waals surface area (Å²) >= 11 is 6.06. The van der Waals surface area contributed by atoms with Crippen LogP contribution in [0.1, 0.15) is 18.9 Å². The lowest BCUT2D eigenvalue weighted by molar-refractivity contribution is 0.121. The number of rotatable bonds is 2. The van der Waals surface area contributed by atoms with E-state index in [4.69, 9.17) is 16.3 Å². The van der Waals surface area contributed by atoms with Gasteiger partial charge in [0.05, 0.1) is 12.1 Å². The van der Waals surface area contributed by atoms with Gasteiger partial charge in [0.2, 0.25) is 0 Å². The quantitative estimate of drug-likeness (QED) is 0.835. The summed E-state index contributed by atoms with van der Waals surface area (Å²) < 4.78 is 5.51. The zero-order valence-corrected chi connectivity index (χ0v) is 9.84. The van der Waals surface area contributed by atoms with Crippen LogP contribution >= 0.6 is 11.6 Å². The fourth-order valence-corrected chi connectivity index (χ4v) is 2.06. The summed E-state index contributed by atoms with van der Waals surface area (Å²) in [6, 6.07) is 6.35. The van der Waals surface area contributed by atoms with Crippen molar-refractivity contribution in [2.75, 3.05) is 11.9 Å². The highest BCUT2D eigenvalue weighted by Gasteiger charge is 2.24. The third kappa shape index (κ3) is 2.27. The number of nitrogens with one attached hydrogen (secondary N) is 1. The third-order valence-corrected chi connectivity index (χ3v) is 3.39. The van der Waals surface area contributed by atoms with Crippen LogP contribution in [0, 0.1) is 6.92 Å². The van der Waals surface area contributed by atoms with Crippen LogP contribution in [0.25, 0.3) is 0 Å². The van der Waals surface area contributed by atoms with E-state index in [1.807, 2.05) is 19.1 Å². The molecule has 0 aliphatic carbocycles. The minimum Gasteiger partial charge on any atom is -0.379 e. The average Bonchev–Trinajstić information content (AvgIpc) is 2.60. The van der Waals surface area contributed by atoms with E-state index in [0.29, 0.717) is 6.04 Å². The van der Waals surface area contributed by atoms with Gasteiger partial charge in [-0.3, -0.25) is 0 Å². The summed E-state index contributed by atoms with van der Waals surface area (Å²) in [4.78, 5) is 0. The lowest BCUT2D eigenvalue weighted by atomic mass is 10.1. The highest BCUT2D eigenvalue weighted by molar-refractivity contribution is 6.31. The van der Waals surface area contributed by atoms with Crippen LogP contribution in [0.2, 0.25) is 5.02 Å². The van der Waals surface area contributed by atoms with Crippen LogP contribution in [-0.2, 0) is 4.74 Å². The lowest BCUT2D eigenvalue weighted by Crippen LogP contribution is -2.26. The molecule has 1 aromatic rings. The van der Waals surface area contributed by atoms with Gasteiger partial charge in [-0.05, 0) is 38.0 Å². The Morgan fingerprint density at radius 1 is 1.47 bits per heavy atom. The molecule has 1 heterocycles. The van der Waals surface area contributed by atoms with Gasteiger partial charge in [0.1, 0.15) is 0 Å². The molecule has 3 heteroatoms. The summed E-state index contributed by atoms with van der Waals surface area (Å²) in [7, 11) is 0. The predicted octanol–water partition coefficient (Wildman–Crippen LogP) is 3.24. The zero-order valence-electron chi connectivity index (χ0n) is 9.09. The Labute approximate surface area is 95.6 Å². The second-order valence-electron chi connectivity index (χ2n) is 4.03. The smallest absolute Gasteiger partial charge is 0.0748 e. The molecule has 1 aromatic carbocycles. The molecule has 82 valence electrons. The van der Waals surface area contributed by atoms with Crippen LogP contribution in [0.3, 0.4) is 0 Å². The van der Waals surface area contributed by atoms with Gasteiger partial charge in [-0.25, -0.2) is 0 Å². The Kier molecular flexibility index (Phi) is 3.17. The van der Waals surface area contributed by atoms with Crippen molar-refractivity contribution < 1.29 is 4.74 Å². The first-order chi connectivity index (χ1) is 7.18. The lowest BCUT2D eigenvalue weighted by Gasteiger charge is -2.19. The number of halogens is 1. The van der Waals surface area contributed by atoms with Crippen molar-refractivity contribution in [1.82, 2.24) is 0 Å². The number of anilines is 1. The van der Waals surface area contributed by atoms with Gasteiger partial charge < -0.3 is 10.1 Å². The molecule has 0 spiro atoms. The Bertz CT molecular complexity index is 353. The molecular weight excluding hydrogens is 210 g/mol. The van der Waals surface area contributed by atoms with E-state index in [1.54, 1.807) is 0 Å². The molecule has 1 fully saturated rings. The minimum atomic E-state index is 0.281. The molecule has 0 aromatic heterocycles. The van der Waals surface area contributed by atoms with Crippen LogP contribution in [-0.4, -0.2) is 18.8 Å². The topological polar surface area (TPSA) is 21.3 Å². The van der Waals surface area contributed by atoms with Crippen molar-refractivity contribution >= 4 is 17.3 Å². The van der Waals surface area contributed by atoms with Crippen LogP contribution < -0.4 is 5.32 Å². The fourth-order valence-electron chi connectivity index (χ4n) is 1.88. The van der Waals surface area contributed by atoms with E-state index in [1.165, 1.54) is 0 Å². The number of hydrogen-bond acceptors (Lipinski definition) is 2. The number of ether oxygens (including phenoxy) is 1. The van der Waals surface area contributed by atoms with Gasteiger partial charge in [-0.2, -0.15) is 0 Å². The zero-order chi connectivity index (χ0) is 10.8. The standard InChI is InChI=1S/C12H16ClNO/c1-8-10(13)4-3-5-11(8)14-12-6-7-15-9(12)2/h3-5,9,12,14H,6-7H2,1-2H3/t9-,12-/m0/s1. The summed E-state index contributed by atoms with van der Waals surface area (Å²) in [6.45, 7) is 4.98. The van der Waals surface area contributed by atoms with Crippen LogP contribution in [0.5, 0.6) is 0 Å². The largest absolute Gasteiger partial charge is 0.379 e. The Hall–Kier alpha value is -0.730.